The van der Waals surface area contributed by atoms with E-state index in [1.807, 2.05) is 145 Å². The zero-order valence-corrected chi connectivity index (χ0v) is 30.3. The van der Waals surface area contributed by atoms with Crippen molar-refractivity contribution in [1.82, 2.24) is 19.6 Å². The van der Waals surface area contributed by atoms with E-state index >= 15 is 0 Å². The van der Waals surface area contributed by atoms with E-state index in [0.717, 1.165) is 45.0 Å². The molecule has 0 atom stereocenters. The molecule has 0 fully saturated rings. The standard InChI is InChI=1S/C40H30Cl2N6S2/c1-25-35(39(49)47(45-25)29-19-11-5-12-20-29)37(27-15-7-3-8-16-27)43-33-23-31(41)32(42)24-34(33)44-38(28-17-9-4-10-18-28)36-26(2)46-48(40(36)50)30-21-13-6-14-22-30/h3-24,49-50H,1-2H3. The van der Waals surface area contributed by atoms with Gasteiger partial charge in [0, 0.05) is 11.1 Å². The van der Waals surface area contributed by atoms with Gasteiger partial charge >= 0.3 is 0 Å². The predicted octanol–water partition coefficient (Wildman–Crippen LogP) is 10.9. The molecule has 0 unspecified atom stereocenters. The van der Waals surface area contributed by atoms with Crippen LogP contribution in [0.2, 0.25) is 10.0 Å². The molecule has 246 valence electrons. The second kappa shape index (κ2) is 14.5. The number of hydrogen-bond donors (Lipinski definition) is 2. The highest BCUT2D eigenvalue weighted by Crippen LogP contribution is 2.39. The van der Waals surface area contributed by atoms with Gasteiger partial charge in [-0.2, -0.15) is 10.2 Å². The van der Waals surface area contributed by atoms with Gasteiger partial charge in [0.15, 0.2) is 0 Å². The Bertz CT molecular complexity index is 2200. The van der Waals surface area contributed by atoms with Gasteiger partial charge < -0.3 is 0 Å². The first-order chi connectivity index (χ1) is 24.3. The molecule has 0 bridgehead atoms. The Labute approximate surface area is 311 Å². The Morgan fingerprint density at radius 1 is 0.520 bits per heavy atom. The number of hydrogen-bond acceptors (Lipinski definition) is 6. The number of nitrogens with zero attached hydrogens (tertiary/aromatic N) is 6. The number of para-hydroxylation sites is 2. The molecule has 0 spiro atoms. The molecule has 7 aromatic rings. The van der Waals surface area contributed by atoms with Gasteiger partial charge in [0.1, 0.15) is 10.1 Å². The van der Waals surface area contributed by atoms with Crippen LogP contribution in [0.4, 0.5) is 11.4 Å². The lowest BCUT2D eigenvalue weighted by molar-refractivity contribution is 0.796. The van der Waals surface area contributed by atoms with Gasteiger partial charge in [-0.15, -0.1) is 25.3 Å². The lowest BCUT2D eigenvalue weighted by atomic mass is 10.0. The number of aromatic nitrogens is 4. The lowest BCUT2D eigenvalue weighted by Crippen LogP contribution is -2.06. The van der Waals surface area contributed by atoms with Crippen LogP contribution in [0.25, 0.3) is 11.4 Å². The highest BCUT2D eigenvalue weighted by molar-refractivity contribution is 7.80. The molecule has 0 N–H and O–H groups in total. The van der Waals surface area contributed by atoms with Crippen molar-refractivity contribution in [2.45, 2.75) is 23.9 Å². The van der Waals surface area contributed by atoms with Crippen LogP contribution in [0.3, 0.4) is 0 Å². The van der Waals surface area contributed by atoms with Crippen molar-refractivity contribution >= 4 is 71.3 Å². The molecule has 10 heteroatoms. The van der Waals surface area contributed by atoms with Crippen LogP contribution in [0.15, 0.2) is 153 Å². The maximum atomic E-state index is 6.69. The number of thiol groups is 2. The number of aliphatic imine (C=N–C) groups is 2. The monoisotopic (exact) mass is 728 g/mol. The van der Waals surface area contributed by atoms with Gasteiger partial charge in [-0.25, -0.2) is 19.3 Å². The van der Waals surface area contributed by atoms with E-state index in [1.54, 1.807) is 12.1 Å². The van der Waals surface area contributed by atoms with Crippen LogP contribution in [0, 0.1) is 13.8 Å². The number of rotatable bonds is 8. The van der Waals surface area contributed by atoms with Crippen molar-refractivity contribution in [3.63, 3.8) is 0 Å². The maximum Gasteiger partial charge on any atom is 0.107 e. The van der Waals surface area contributed by atoms with E-state index in [-0.39, 0.29) is 0 Å². The third-order valence-electron chi connectivity index (χ3n) is 8.12. The normalized spacial score (nSPS) is 12.0. The van der Waals surface area contributed by atoms with E-state index < -0.39 is 0 Å². The topological polar surface area (TPSA) is 60.4 Å². The third-order valence-corrected chi connectivity index (χ3v) is 9.67. The van der Waals surface area contributed by atoms with E-state index in [4.69, 9.17) is 68.6 Å². The van der Waals surface area contributed by atoms with Crippen molar-refractivity contribution in [3.8, 4) is 11.4 Å². The summed E-state index contributed by atoms with van der Waals surface area (Å²) in [4.78, 5) is 10.6. The molecular weight excluding hydrogens is 700 g/mol. The maximum absolute atomic E-state index is 6.69. The minimum atomic E-state index is 0.351. The zero-order valence-electron chi connectivity index (χ0n) is 27.0. The van der Waals surface area contributed by atoms with Gasteiger partial charge in [0.05, 0.1) is 66.7 Å². The Morgan fingerprint density at radius 3 is 1.18 bits per heavy atom. The van der Waals surface area contributed by atoms with Crippen molar-refractivity contribution in [2.75, 3.05) is 0 Å². The van der Waals surface area contributed by atoms with Crippen molar-refractivity contribution < 1.29 is 0 Å². The zero-order chi connectivity index (χ0) is 34.8. The van der Waals surface area contributed by atoms with E-state index in [2.05, 4.69) is 0 Å². The molecule has 0 radical (unpaired) electrons. The van der Waals surface area contributed by atoms with Crippen molar-refractivity contribution in [1.29, 1.82) is 0 Å². The molecule has 0 saturated heterocycles. The molecule has 0 saturated carbocycles. The molecule has 0 amide bonds. The van der Waals surface area contributed by atoms with Crippen LogP contribution >= 0.6 is 48.5 Å². The van der Waals surface area contributed by atoms with Gasteiger partial charge in [0.2, 0.25) is 0 Å². The van der Waals surface area contributed by atoms with E-state index in [1.165, 1.54) is 0 Å². The Morgan fingerprint density at radius 2 is 0.840 bits per heavy atom. The van der Waals surface area contributed by atoms with Crippen LogP contribution in [0.5, 0.6) is 0 Å². The average Bonchev–Trinajstić information content (AvgIpc) is 3.61. The molecule has 5 aromatic carbocycles. The summed E-state index contributed by atoms with van der Waals surface area (Å²) in [6.45, 7) is 3.91. The summed E-state index contributed by atoms with van der Waals surface area (Å²) in [7, 11) is 0. The smallest absolute Gasteiger partial charge is 0.107 e. The Balaban J connectivity index is 1.47. The number of aryl methyl sites for hydroxylation is 2. The highest BCUT2D eigenvalue weighted by Gasteiger charge is 2.23. The molecule has 7 rings (SSSR count). The first kappa shape index (κ1) is 33.6. The minimum absolute atomic E-state index is 0.351. The largest absolute Gasteiger partial charge is 0.245 e. The second-order valence-corrected chi connectivity index (χ2v) is 13.1. The lowest BCUT2D eigenvalue weighted by Gasteiger charge is -2.13. The highest BCUT2D eigenvalue weighted by atomic mass is 35.5. The number of halogens is 2. The van der Waals surface area contributed by atoms with Crippen molar-refractivity contribution in [3.05, 3.63) is 177 Å². The fourth-order valence-corrected chi connectivity index (χ4v) is 6.92. The Hall–Kier alpha value is -4.86. The second-order valence-electron chi connectivity index (χ2n) is 11.5. The first-order valence-corrected chi connectivity index (χ1v) is 17.4. The Kier molecular flexibility index (Phi) is 9.79. The molecule has 6 nitrogen and oxygen atoms in total. The van der Waals surface area contributed by atoms with E-state index in [0.29, 0.717) is 42.9 Å². The molecule has 0 aliphatic carbocycles. The van der Waals surface area contributed by atoms with Gasteiger partial charge in [0.25, 0.3) is 0 Å². The first-order valence-electron chi connectivity index (χ1n) is 15.8. The van der Waals surface area contributed by atoms with Gasteiger partial charge in [-0.1, -0.05) is 120 Å². The summed E-state index contributed by atoms with van der Waals surface area (Å²) in [5, 5.41) is 11.7. The molecule has 0 aliphatic heterocycles. The summed E-state index contributed by atoms with van der Waals surface area (Å²) < 4.78 is 3.63. The van der Waals surface area contributed by atoms with Gasteiger partial charge in [-0.3, -0.25) is 0 Å². The molecule has 50 heavy (non-hydrogen) atoms. The van der Waals surface area contributed by atoms with Gasteiger partial charge in [-0.05, 0) is 50.2 Å². The molecule has 2 heterocycles. The van der Waals surface area contributed by atoms with Crippen LogP contribution < -0.4 is 0 Å². The van der Waals surface area contributed by atoms with E-state index in [9.17, 15) is 0 Å². The molecule has 2 aromatic heterocycles. The molecule has 0 aliphatic rings. The quantitative estimate of drug-likeness (QED) is 0.121. The SMILES string of the molecule is Cc1nn(-c2ccccc2)c(S)c1C(=Nc1cc(Cl)c(Cl)cc1N=C(c1ccccc1)c1c(C)nn(-c2ccccc2)c1S)c1ccccc1. The summed E-state index contributed by atoms with van der Waals surface area (Å²) >= 11 is 23.4. The average molecular weight is 730 g/mol. The number of benzene rings is 5. The van der Waals surface area contributed by atoms with Crippen LogP contribution in [-0.2, 0) is 0 Å². The molecular formula is C40H30Cl2N6S2. The summed E-state index contributed by atoms with van der Waals surface area (Å²) in [6.07, 6.45) is 0. The third kappa shape index (κ3) is 6.67. The minimum Gasteiger partial charge on any atom is -0.245 e. The fraction of sp³-hybridized carbons (Fsp3) is 0.0500. The van der Waals surface area contributed by atoms with Crippen LogP contribution in [-0.4, -0.2) is 31.0 Å². The summed E-state index contributed by atoms with van der Waals surface area (Å²) in [5.41, 5.74) is 8.97. The van der Waals surface area contributed by atoms with Crippen molar-refractivity contribution in [2.24, 2.45) is 9.98 Å². The fourth-order valence-electron chi connectivity index (χ4n) is 5.75. The van der Waals surface area contributed by atoms with Crippen LogP contribution in [0.1, 0.15) is 33.6 Å². The summed E-state index contributed by atoms with van der Waals surface area (Å²) in [6, 6.07) is 43.1. The summed E-state index contributed by atoms with van der Waals surface area (Å²) in [5.74, 6) is 0. The predicted molar refractivity (Wildman–Crippen MR) is 211 cm³/mol.